The molecule has 3 heterocycles. The molecule has 0 aliphatic rings. The maximum Gasteiger partial charge on any atom is 0.416 e. The Labute approximate surface area is 206 Å². The number of amides is 1. The van der Waals surface area contributed by atoms with Crippen molar-refractivity contribution in [3.05, 3.63) is 90.6 Å². The first-order chi connectivity index (χ1) is 17.8. The van der Waals surface area contributed by atoms with Gasteiger partial charge < -0.3 is 15.6 Å². The Morgan fingerprint density at radius 1 is 0.919 bits per heavy atom. The van der Waals surface area contributed by atoms with Crippen LogP contribution in [0.15, 0.2) is 79.5 Å². The number of benzene rings is 2. The van der Waals surface area contributed by atoms with E-state index in [9.17, 15) is 22.4 Å². The second-order valence-electron chi connectivity index (χ2n) is 7.90. The van der Waals surface area contributed by atoms with E-state index in [2.05, 4.69) is 35.6 Å². The normalized spacial score (nSPS) is 12.3. The Hall–Kier alpha value is -4.87. The molecule has 0 bridgehead atoms. The fourth-order valence-corrected chi connectivity index (χ4v) is 3.70. The van der Waals surface area contributed by atoms with E-state index in [0.717, 1.165) is 18.2 Å². The summed E-state index contributed by atoms with van der Waals surface area (Å²) < 4.78 is 53.6. The largest absolute Gasteiger partial charge is 0.416 e. The molecule has 3 aromatic heterocycles. The third-order valence-corrected chi connectivity index (χ3v) is 5.41. The van der Waals surface area contributed by atoms with Crippen LogP contribution in [0.25, 0.3) is 22.4 Å². The van der Waals surface area contributed by atoms with E-state index >= 15 is 0 Å². The van der Waals surface area contributed by atoms with Gasteiger partial charge in [0, 0.05) is 23.1 Å². The van der Waals surface area contributed by atoms with Crippen molar-refractivity contribution in [3.8, 4) is 11.3 Å². The van der Waals surface area contributed by atoms with Crippen LogP contribution >= 0.6 is 0 Å². The van der Waals surface area contributed by atoms with Crippen LogP contribution < -0.4 is 10.6 Å². The molecule has 1 atom stereocenters. The first-order valence-electron chi connectivity index (χ1n) is 10.9. The summed E-state index contributed by atoms with van der Waals surface area (Å²) in [6, 6.07) is 13.6. The number of aromatic nitrogens is 5. The number of H-pyrrole nitrogens is 1. The van der Waals surface area contributed by atoms with Crippen molar-refractivity contribution in [2.24, 2.45) is 0 Å². The van der Waals surface area contributed by atoms with Gasteiger partial charge in [-0.25, -0.2) is 24.3 Å². The van der Waals surface area contributed by atoms with E-state index in [1.165, 1.54) is 18.7 Å². The highest BCUT2D eigenvalue weighted by Crippen LogP contribution is 2.33. The highest BCUT2D eigenvalue weighted by molar-refractivity contribution is 5.95. The van der Waals surface area contributed by atoms with Gasteiger partial charge in [-0.05, 0) is 48.0 Å². The number of carbonyl (C=O) groups excluding carboxylic acids is 1. The smallest absolute Gasteiger partial charge is 0.340 e. The highest BCUT2D eigenvalue weighted by Gasteiger charge is 2.32. The summed E-state index contributed by atoms with van der Waals surface area (Å²) in [7, 11) is 0. The number of alkyl halides is 4. The number of halogens is 4. The molecule has 5 rings (SSSR count). The molecule has 186 valence electrons. The van der Waals surface area contributed by atoms with Crippen LogP contribution in [-0.4, -0.2) is 30.8 Å². The number of imidazole rings is 1. The van der Waals surface area contributed by atoms with E-state index < -0.39 is 29.4 Å². The zero-order valence-electron chi connectivity index (χ0n) is 18.8. The summed E-state index contributed by atoms with van der Waals surface area (Å²) in [5.74, 6) is -0.654. The molecule has 0 aliphatic heterocycles. The number of anilines is 3. The Bertz CT molecular complexity index is 1580. The van der Waals surface area contributed by atoms with Crippen LogP contribution in [0.1, 0.15) is 17.3 Å². The molecule has 0 fully saturated rings. The Morgan fingerprint density at radius 3 is 2.57 bits per heavy atom. The third-order valence-electron chi connectivity index (χ3n) is 5.41. The minimum atomic E-state index is -4.65. The van der Waals surface area contributed by atoms with Crippen molar-refractivity contribution in [2.75, 3.05) is 10.6 Å². The SMILES string of the molecule is O=C(Nc1cccc(Nc2ncccc2-c2ncnc3[nH]cnc23)c1)C(F)c1cccc(C(F)(F)F)c1. The number of hydrogen-bond acceptors (Lipinski definition) is 6. The lowest BCUT2D eigenvalue weighted by atomic mass is 10.1. The zero-order chi connectivity index (χ0) is 26.0. The standard InChI is InChI=1S/C25H17F4N7O/c26-19(14-4-1-5-15(10-14)25(27,28)29)24(37)36-17-7-2-6-16(11-17)35-22-18(8-3-9-30-22)20-21-23(33-12-31-20)34-13-32-21/h1-13,19H,(H,30,35)(H,36,37)(H,31,32,33,34). The van der Waals surface area contributed by atoms with Crippen molar-refractivity contribution in [2.45, 2.75) is 12.3 Å². The molecule has 37 heavy (non-hydrogen) atoms. The van der Waals surface area contributed by atoms with Crippen molar-refractivity contribution in [1.29, 1.82) is 0 Å². The lowest BCUT2D eigenvalue weighted by molar-refractivity contribution is -0.137. The number of pyridine rings is 1. The van der Waals surface area contributed by atoms with Gasteiger partial charge in [-0.3, -0.25) is 4.79 Å². The molecule has 0 saturated heterocycles. The van der Waals surface area contributed by atoms with Crippen LogP contribution in [0.5, 0.6) is 0 Å². The van der Waals surface area contributed by atoms with Gasteiger partial charge >= 0.3 is 6.18 Å². The number of rotatable bonds is 6. The van der Waals surface area contributed by atoms with Gasteiger partial charge in [0.05, 0.1) is 11.9 Å². The van der Waals surface area contributed by atoms with Crippen LogP contribution in [-0.2, 0) is 11.0 Å². The predicted molar refractivity (Wildman–Crippen MR) is 129 cm³/mol. The fourth-order valence-electron chi connectivity index (χ4n) is 3.70. The van der Waals surface area contributed by atoms with Gasteiger partial charge in [-0.15, -0.1) is 0 Å². The lowest BCUT2D eigenvalue weighted by Gasteiger charge is -2.14. The fraction of sp³-hybridized carbons (Fsp3) is 0.0800. The van der Waals surface area contributed by atoms with E-state index in [1.807, 2.05) is 0 Å². The van der Waals surface area contributed by atoms with Gasteiger partial charge in [0.1, 0.15) is 23.4 Å². The van der Waals surface area contributed by atoms with Crippen LogP contribution in [0.2, 0.25) is 0 Å². The lowest BCUT2D eigenvalue weighted by Crippen LogP contribution is -2.18. The molecular weight excluding hydrogens is 490 g/mol. The van der Waals surface area contributed by atoms with Gasteiger partial charge in [-0.1, -0.05) is 18.2 Å². The molecule has 5 aromatic rings. The second kappa shape index (κ2) is 9.64. The second-order valence-corrected chi connectivity index (χ2v) is 7.90. The first-order valence-corrected chi connectivity index (χ1v) is 10.9. The summed E-state index contributed by atoms with van der Waals surface area (Å²) in [6.07, 6.45) is -2.44. The maximum atomic E-state index is 14.7. The molecule has 1 amide bonds. The molecule has 12 heteroatoms. The molecule has 1 unspecified atom stereocenters. The van der Waals surface area contributed by atoms with Gasteiger partial charge in [0.15, 0.2) is 5.65 Å². The molecule has 0 radical (unpaired) electrons. The molecule has 8 nitrogen and oxygen atoms in total. The van der Waals surface area contributed by atoms with Crippen LogP contribution in [0, 0.1) is 0 Å². The number of hydrogen-bond donors (Lipinski definition) is 3. The number of nitrogens with zero attached hydrogens (tertiary/aromatic N) is 4. The average molecular weight is 507 g/mol. The van der Waals surface area contributed by atoms with E-state index in [-0.39, 0.29) is 5.69 Å². The van der Waals surface area contributed by atoms with E-state index in [4.69, 9.17) is 0 Å². The first kappa shape index (κ1) is 23.9. The minimum absolute atomic E-state index is 0.235. The summed E-state index contributed by atoms with van der Waals surface area (Å²) in [4.78, 5) is 32.5. The monoisotopic (exact) mass is 507 g/mol. The molecule has 2 aromatic carbocycles. The molecule has 0 saturated carbocycles. The van der Waals surface area contributed by atoms with Gasteiger partial charge in [0.2, 0.25) is 6.17 Å². The van der Waals surface area contributed by atoms with Crippen molar-refractivity contribution in [3.63, 3.8) is 0 Å². The van der Waals surface area contributed by atoms with Gasteiger partial charge in [0.25, 0.3) is 5.91 Å². The topological polar surface area (TPSA) is 108 Å². The summed E-state index contributed by atoms with van der Waals surface area (Å²) in [5, 5.41) is 5.55. The number of carbonyl (C=O) groups is 1. The van der Waals surface area contributed by atoms with Crippen LogP contribution in [0.3, 0.4) is 0 Å². The van der Waals surface area contributed by atoms with E-state index in [1.54, 1.807) is 36.5 Å². The van der Waals surface area contributed by atoms with Crippen LogP contribution in [0.4, 0.5) is 34.8 Å². The zero-order valence-corrected chi connectivity index (χ0v) is 18.8. The number of fused-ring (bicyclic) bond motifs is 1. The summed E-state index contributed by atoms with van der Waals surface area (Å²) >= 11 is 0. The van der Waals surface area contributed by atoms with Crippen molar-refractivity contribution >= 4 is 34.3 Å². The summed E-state index contributed by atoms with van der Waals surface area (Å²) in [5.41, 5.74) is 1.63. The van der Waals surface area contributed by atoms with E-state index in [0.29, 0.717) is 40.0 Å². The average Bonchev–Trinajstić information content (AvgIpc) is 3.38. The number of aromatic amines is 1. The maximum absolute atomic E-state index is 14.7. The Kier molecular flexibility index (Phi) is 6.22. The van der Waals surface area contributed by atoms with Gasteiger partial charge in [-0.2, -0.15) is 13.2 Å². The molecule has 3 N–H and O–H groups in total. The molecule has 0 spiro atoms. The quantitative estimate of drug-likeness (QED) is 0.250. The molecular formula is C25H17F4N7O. The highest BCUT2D eigenvalue weighted by atomic mass is 19.4. The predicted octanol–water partition coefficient (Wildman–Crippen LogP) is 5.83. The van der Waals surface area contributed by atoms with Crippen molar-refractivity contribution < 1.29 is 22.4 Å². The minimum Gasteiger partial charge on any atom is -0.340 e. The summed E-state index contributed by atoms with van der Waals surface area (Å²) in [6.45, 7) is 0. The Morgan fingerprint density at radius 2 is 1.73 bits per heavy atom. The molecule has 0 aliphatic carbocycles. The third kappa shape index (κ3) is 5.08. The van der Waals surface area contributed by atoms with Crippen molar-refractivity contribution in [1.82, 2.24) is 24.9 Å². The Balaban J connectivity index is 1.36. The number of nitrogens with one attached hydrogen (secondary N) is 3.